The molecule has 0 heterocycles. The van der Waals surface area contributed by atoms with Crippen molar-refractivity contribution in [3.05, 3.63) is 71.8 Å². The number of hydrogen-bond acceptors (Lipinski definition) is 2. The number of benzene rings is 1. The Bertz CT molecular complexity index is 718. The Hall–Kier alpha value is -2.22. The van der Waals surface area contributed by atoms with Gasteiger partial charge in [-0.15, -0.1) is 0 Å². The van der Waals surface area contributed by atoms with Gasteiger partial charge in [-0.25, -0.2) is 0 Å². The minimum atomic E-state index is -0.171. The zero-order valence-corrected chi connectivity index (χ0v) is 12.1. The quantitative estimate of drug-likeness (QED) is 0.735. The van der Waals surface area contributed by atoms with E-state index in [1.165, 1.54) is 23.3 Å². The second-order valence-corrected chi connectivity index (χ2v) is 6.79. The highest BCUT2D eigenvalue weighted by atomic mass is 16.1. The summed E-state index contributed by atoms with van der Waals surface area (Å²) in [6.07, 6.45) is 11.7. The smallest absolute Gasteiger partial charge is 0.160 e. The van der Waals surface area contributed by atoms with Crippen LogP contribution in [0, 0.1) is 23.7 Å². The van der Waals surface area contributed by atoms with Crippen LogP contribution in [0.25, 0.3) is 0 Å². The molecule has 0 saturated heterocycles. The minimum Gasteiger partial charge on any atom is -0.294 e. The Morgan fingerprint density at radius 3 is 1.55 bits per heavy atom. The second kappa shape index (κ2) is 4.16. The van der Waals surface area contributed by atoms with Crippen LogP contribution in [-0.4, -0.2) is 11.6 Å². The molecule has 0 amide bonds. The second-order valence-electron chi connectivity index (χ2n) is 6.79. The molecule has 1 saturated carbocycles. The molecule has 0 aliphatic heterocycles. The van der Waals surface area contributed by atoms with Crippen LogP contribution in [0.3, 0.4) is 0 Å². The first-order chi connectivity index (χ1) is 10.8. The zero-order chi connectivity index (χ0) is 14.8. The molecule has 2 heteroatoms. The van der Waals surface area contributed by atoms with Crippen molar-refractivity contribution in [3.8, 4) is 0 Å². The minimum absolute atomic E-state index is 0.135. The Morgan fingerprint density at radius 1 is 0.636 bits per heavy atom. The number of rotatable bonds is 0. The van der Waals surface area contributed by atoms with Gasteiger partial charge in [-0.3, -0.25) is 9.59 Å². The molecule has 1 fully saturated rings. The summed E-state index contributed by atoms with van der Waals surface area (Å²) in [6, 6.07) is 8.41. The molecule has 0 spiro atoms. The summed E-state index contributed by atoms with van der Waals surface area (Å²) in [6.45, 7) is 0. The summed E-state index contributed by atoms with van der Waals surface area (Å²) in [7, 11) is 0. The maximum absolute atomic E-state index is 12.6. The lowest BCUT2D eigenvalue weighted by Gasteiger charge is -2.56. The maximum atomic E-state index is 12.6. The van der Waals surface area contributed by atoms with Gasteiger partial charge >= 0.3 is 0 Å². The van der Waals surface area contributed by atoms with Gasteiger partial charge in [-0.1, -0.05) is 48.6 Å². The third-order valence-electron chi connectivity index (χ3n) is 6.00. The molecule has 0 N–H and O–H groups in total. The van der Waals surface area contributed by atoms with Gasteiger partial charge in [0, 0.05) is 23.7 Å². The largest absolute Gasteiger partial charge is 0.294 e. The molecule has 2 nitrogen and oxygen atoms in total. The fourth-order valence-electron chi connectivity index (χ4n) is 5.30. The molecule has 22 heavy (non-hydrogen) atoms. The SMILES string of the molecule is O=C1C=CC(=O)[C@@H]2[C@@H]1[C@H]1c3ccccc3[C@H]2[C@H]2C=CC=C[C@H]21. The van der Waals surface area contributed by atoms with Gasteiger partial charge in [0.1, 0.15) is 0 Å². The van der Waals surface area contributed by atoms with Gasteiger partial charge < -0.3 is 0 Å². The first kappa shape index (κ1) is 12.3. The van der Waals surface area contributed by atoms with Crippen LogP contribution in [0.1, 0.15) is 23.0 Å². The number of allylic oxidation sites excluding steroid dienone is 6. The molecule has 6 atom stereocenters. The lowest BCUT2D eigenvalue weighted by Crippen LogP contribution is -2.53. The van der Waals surface area contributed by atoms with Crippen molar-refractivity contribution >= 4 is 11.6 Å². The van der Waals surface area contributed by atoms with E-state index in [0.717, 1.165) is 0 Å². The molecule has 5 aliphatic carbocycles. The van der Waals surface area contributed by atoms with Gasteiger partial charge in [0.05, 0.1) is 0 Å². The summed E-state index contributed by atoms with van der Waals surface area (Å²) in [5.74, 6) is 0.886. The predicted octanol–water partition coefficient (Wildman–Crippen LogP) is 3.18. The summed E-state index contributed by atoms with van der Waals surface area (Å²) < 4.78 is 0. The van der Waals surface area contributed by atoms with E-state index in [9.17, 15) is 9.59 Å². The Balaban J connectivity index is 1.80. The van der Waals surface area contributed by atoms with Gasteiger partial charge in [0.25, 0.3) is 0 Å². The topological polar surface area (TPSA) is 34.1 Å². The van der Waals surface area contributed by atoms with Gasteiger partial charge in [0.2, 0.25) is 0 Å². The lowest BCUT2D eigenvalue weighted by molar-refractivity contribution is -0.135. The van der Waals surface area contributed by atoms with Crippen LogP contribution in [0.5, 0.6) is 0 Å². The van der Waals surface area contributed by atoms with E-state index < -0.39 is 0 Å². The van der Waals surface area contributed by atoms with Crippen LogP contribution in [0.15, 0.2) is 60.7 Å². The van der Waals surface area contributed by atoms with E-state index in [4.69, 9.17) is 0 Å². The van der Waals surface area contributed by atoms with E-state index in [-0.39, 0.29) is 35.2 Å². The number of hydrogen-bond donors (Lipinski definition) is 0. The van der Waals surface area contributed by atoms with Crippen LogP contribution in [0.4, 0.5) is 0 Å². The van der Waals surface area contributed by atoms with Crippen molar-refractivity contribution in [1.29, 1.82) is 0 Å². The molecule has 1 aromatic rings. The number of carbonyl (C=O) groups is 2. The molecule has 2 bridgehead atoms. The monoisotopic (exact) mass is 288 g/mol. The van der Waals surface area contributed by atoms with Crippen molar-refractivity contribution < 1.29 is 9.59 Å². The van der Waals surface area contributed by atoms with Crippen LogP contribution in [0.2, 0.25) is 0 Å². The fourth-order valence-corrected chi connectivity index (χ4v) is 5.30. The summed E-state index contributed by atoms with van der Waals surface area (Å²) in [5, 5.41) is 0. The van der Waals surface area contributed by atoms with E-state index in [0.29, 0.717) is 11.8 Å². The number of carbonyl (C=O) groups excluding carboxylic acids is 2. The van der Waals surface area contributed by atoms with Gasteiger partial charge in [-0.2, -0.15) is 0 Å². The van der Waals surface area contributed by atoms with Crippen LogP contribution < -0.4 is 0 Å². The molecule has 0 unspecified atom stereocenters. The van der Waals surface area contributed by atoms with E-state index >= 15 is 0 Å². The first-order valence-electron chi connectivity index (χ1n) is 7.97. The van der Waals surface area contributed by atoms with E-state index in [2.05, 4.69) is 48.6 Å². The average Bonchev–Trinajstić information content (AvgIpc) is 2.58. The molecular weight excluding hydrogens is 272 g/mol. The summed E-state index contributed by atoms with van der Waals surface area (Å²) >= 11 is 0. The fraction of sp³-hybridized carbons (Fsp3) is 0.300. The number of ketones is 2. The Labute approximate surface area is 129 Å². The molecular formula is C20H16O2. The third-order valence-corrected chi connectivity index (χ3v) is 6.00. The molecule has 0 aromatic heterocycles. The van der Waals surface area contributed by atoms with Crippen molar-refractivity contribution in [2.45, 2.75) is 11.8 Å². The molecule has 6 rings (SSSR count). The molecule has 5 aliphatic rings. The predicted molar refractivity (Wildman–Crippen MR) is 83.3 cm³/mol. The van der Waals surface area contributed by atoms with E-state index in [1.807, 2.05) is 0 Å². The summed E-state index contributed by atoms with van der Waals surface area (Å²) in [4.78, 5) is 25.1. The van der Waals surface area contributed by atoms with Crippen LogP contribution >= 0.6 is 0 Å². The van der Waals surface area contributed by atoms with Crippen molar-refractivity contribution in [1.82, 2.24) is 0 Å². The highest BCUT2D eigenvalue weighted by Crippen LogP contribution is 2.63. The van der Waals surface area contributed by atoms with Gasteiger partial charge in [-0.05, 0) is 35.1 Å². The molecule has 1 aromatic carbocycles. The average molecular weight is 288 g/mol. The molecule has 0 radical (unpaired) electrons. The van der Waals surface area contributed by atoms with E-state index in [1.54, 1.807) is 0 Å². The molecule has 108 valence electrons. The zero-order valence-electron chi connectivity index (χ0n) is 12.1. The van der Waals surface area contributed by atoms with Crippen LogP contribution in [-0.2, 0) is 9.59 Å². The lowest BCUT2D eigenvalue weighted by atomic mass is 9.46. The van der Waals surface area contributed by atoms with Gasteiger partial charge in [0.15, 0.2) is 11.6 Å². The Kier molecular flexibility index (Phi) is 2.33. The maximum Gasteiger partial charge on any atom is 0.160 e. The van der Waals surface area contributed by atoms with Crippen molar-refractivity contribution in [2.24, 2.45) is 23.7 Å². The first-order valence-corrected chi connectivity index (χ1v) is 7.97. The normalized spacial score (nSPS) is 40.4. The highest BCUT2D eigenvalue weighted by Gasteiger charge is 2.59. The van der Waals surface area contributed by atoms with Crippen molar-refractivity contribution in [3.63, 3.8) is 0 Å². The standard InChI is InChI=1S/C20H16O2/c21-15-9-10-16(22)20-18-12-6-2-1-5-11(12)17(19(15)20)13-7-3-4-8-14(13)18/h1-12,17-20H/t11-,12+,17-,18-,19+,20+/m1/s1. The summed E-state index contributed by atoms with van der Waals surface area (Å²) in [5.41, 5.74) is 2.57. The highest BCUT2D eigenvalue weighted by molar-refractivity contribution is 6.08. The van der Waals surface area contributed by atoms with Crippen molar-refractivity contribution in [2.75, 3.05) is 0 Å². The third kappa shape index (κ3) is 1.36. The Morgan fingerprint density at radius 2 is 1.09 bits per heavy atom.